The number of rotatable bonds is 4. The Morgan fingerprint density at radius 3 is 2.70 bits per heavy atom. The molecule has 0 N–H and O–H groups in total. The highest BCUT2D eigenvalue weighted by atomic mass is 32.1. The zero-order chi connectivity index (χ0) is 16.9. The molecule has 0 amide bonds. The van der Waals surface area contributed by atoms with Crippen LogP contribution in [0, 0.1) is 0 Å². The number of benzene rings is 1. The third-order valence-corrected chi connectivity index (χ3v) is 3.75. The number of carbonyl (C=O) groups excluding carboxylic acids is 1. The summed E-state index contributed by atoms with van der Waals surface area (Å²) in [7, 11) is 0. The van der Waals surface area contributed by atoms with Crippen molar-refractivity contribution in [3.05, 3.63) is 63.9 Å². The van der Waals surface area contributed by atoms with Crippen LogP contribution >= 0.6 is 11.3 Å². The van der Waals surface area contributed by atoms with Crippen LogP contribution in [0.15, 0.2) is 53.0 Å². The molecule has 0 unspecified atom stereocenters. The second kappa shape index (κ2) is 7.23. The van der Waals surface area contributed by atoms with Crippen LogP contribution in [0.4, 0.5) is 13.2 Å². The third kappa shape index (κ3) is 5.07. The van der Waals surface area contributed by atoms with E-state index < -0.39 is 17.7 Å². The van der Waals surface area contributed by atoms with Crippen LogP contribution < -0.4 is 0 Å². The van der Waals surface area contributed by atoms with E-state index in [-0.39, 0.29) is 5.56 Å². The molecule has 1 aromatic carbocycles. The SMILES string of the molecule is C/C(=N\OC(=O)/C=C/c1cccc(C(F)(F)F)c1)c1cccs1. The molecule has 0 radical (unpaired) electrons. The Morgan fingerprint density at radius 1 is 1.26 bits per heavy atom. The average molecular weight is 339 g/mol. The van der Waals surface area contributed by atoms with Crippen LogP contribution in [0.5, 0.6) is 0 Å². The first-order valence-corrected chi connectivity index (χ1v) is 7.39. The van der Waals surface area contributed by atoms with Gasteiger partial charge in [-0.2, -0.15) is 13.2 Å². The molecule has 2 aromatic rings. The first-order chi connectivity index (χ1) is 10.9. The number of thiophene rings is 1. The summed E-state index contributed by atoms with van der Waals surface area (Å²) in [6.45, 7) is 1.69. The molecule has 3 nitrogen and oxygen atoms in total. The van der Waals surface area contributed by atoms with Crippen molar-refractivity contribution in [2.24, 2.45) is 5.16 Å². The van der Waals surface area contributed by atoms with E-state index in [0.29, 0.717) is 5.71 Å². The van der Waals surface area contributed by atoms with E-state index in [4.69, 9.17) is 4.84 Å². The minimum atomic E-state index is -4.42. The van der Waals surface area contributed by atoms with Crippen LogP contribution in [-0.2, 0) is 15.8 Å². The van der Waals surface area contributed by atoms with E-state index in [2.05, 4.69) is 5.16 Å². The molecule has 2 rings (SSSR count). The number of oxime groups is 1. The molecule has 0 atom stereocenters. The van der Waals surface area contributed by atoms with Gasteiger partial charge < -0.3 is 4.84 Å². The number of halogens is 3. The van der Waals surface area contributed by atoms with Crippen molar-refractivity contribution in [3.8, 4) is 0 Å². The maximum Gasteiger partial charge on any atom is 0.416 e. The van der Waals surface area contributed by atoms with E-state index >= 15 is 0 Å². The Balaban J connectivity index is 2.00. The van der Waals surface area contributed by atoms with Crippen molar-refractivity contribution in [2.45, 2.75) is 13.1 Å². The largest absolute Gasteiger partial charge is 0.416 e. The first kappa shape index (κ1) is 17.0. The Bertz CT molecular complexity index is 734. The van der Waals surface area contributed by atoms with Crippen LogP contribution in [0.1, 0.15) is 22.9 Å². The third-order valence-electron chi connectivity index (χ3n) is 2.78. The Morgan fingerprint density at radius 2 is 2.04 bits per heavy atom. The van der Waals surface area contributed by atoms with Crippen molar-refractivity contribution in [1.82, 2.24) is 0 Å². The van der Waals surface area contributed by atoms with Gasteiger partial charge in [0.05, 0.1) is 16.2 Å². The minimum absolute atomic E-state index is 0.246. The number of hydrogen-bond acceptors (Lipinski definition) is 4. The van der Waals surface area contributed by atoms with Crippen LogP contribution in [-0.4, -0.2) is 11.7 Å². The molecule has 0 saturated carbocycles. The van der Waals surface area contributed by atoms with Crippen LogP contribution in [0.3, 0.4) is 0 Å². The predicted molar refractivity (Wildman–Crippen MR) is 83.1 cm³/mol. The van der Waals surface area contributed by atoms with Gasteiger partial charge in [0.15, 0.2) is 0 Å². The van der Waals surface area contributed by atoms with E-state index in [1.807, 2.05) is 17.5 Å². The van der Waals surface area contributed by atoms with Crippen molar-refractivity contribution in [1.29, 1.82) is 0 Å². The number of hydrogen-bond donors (Lipinski definition) is 0. The minimum Gasteiger partial charge on any atom is -0.313 e. The molecule has 23 heavy (non-hydrogen) atoms. The fourth-order valence-electron chi connectivity index (χ4n) is 1.66. The number of carbonyl (C=O) groups is 1. The summed E-state index contributed by atoms with van der Waals surface area (Å²) in [4.78, 5) is 17.1. The molecule has 0 aliphatic carbocycles. The molecule has 0 fully saturated rings. The van der Waals surface area contributed by atoms with Crippen molar-refractivity contribution >= 4 is 29.1 Å². The maximum absolute atomic E-state index is 12.6. The molecular formula is C16H12F3NO2S. The van der Waals surface area contributed by atoms with Gasteiger partial charge in [-0.25, -0.2) is 4.79 Å². The highest BCUT2D eigenvalue weighted by Crippen LogP contribution is 2.29. The molecule has 0 spiro atoms. The van der Waals surface area contributed by atoms with E-state index in [9.17, 15) is 18.0 Å². The molecule has 0 bridgehead atoms. The molecule has 120 valence electrons. The molecule has 0 aliphatic heterocycles. The Labute approximate surface area is 134 Å². The summed E-state index contributed by atoms with van der Waals surface area (Å²) in [6.07, 6.45) is -2.15. The average Bonchev–Trinajstić information content (AvgIpc) is 3.04. The van der Waals surface area contributed by atoms with E-state index in [0.717, 1.165) is 23.1 Å². The van der Waals surface area contributed by atoms with Crippen molar-refractivity contribution < 1.29 is 22.8 Å². The number of nitrogens with zero attached hydrogens (tertiary/aromatic N) is 1. The monoisotopic (exact) mass is 339 g/mol. The summed E-state index contributed by atoms with van der Waals surface area (Å²) >= 11 is 1.45. The van der Waals surface area contributed by atoms with Crippen molar-refractivity contribution in [3.63, 3.8) is 0 Å². The lowest BCUT2D eigenvalue weighted by atomic mass is 10.1. The lowest BCUT2D eigenvalue weighted by Crippen LogP contribution is -2.04. The van der Waals surface area contributed by atoms with Gasteiger partial charge in [-0.1, -0.05) is 23.4 Å². The fourth-order valence-corrected chi connectivity index (χ4v) is 2.32. The second-order valence-electron chi connectivity index (χ2n) is 4.52. The van der Waals surface area contributed by atoms with Crippen LogP contribution in [0.2, 0.25) is 0 Å². The molecule has 0 saturated heterocycles. The summed E-state index contributed by atoms with van der Waals surface area (Å²) in [6, 6.07) is 8.31. The van der Waals surface area contributed by atoms with Gasteiger partial charge in [-0.3, -0.25) is 0 Å². The van der Waals surface area contributed by atoms with Gasteiger partial charge >= 0.3 is 12.1 Å². The topological polar surface area (TPSA) is 38.7 Å². The Kier molecular flexibility index (Phi) is 5.33. The smallest absolute Gasteiger partial charge is 0.313 e. The van der Waals surface area contributed by atoms with Gasteiger partial charge in [-0.15, -0.1) is 11.3 Å². The quantitative estimate of drug-likeness (QED) is 0.349. The highest BCUT2D eigenvalue weighted by Gasteiger charge is 2.30. The first-order valence-electron chi connectivity index (χ1n) is 6.51. The summed E-state index contributed by atoms with van der Waals surface area (Å²) < 4.78 is 37.7. The van der Waals surface area contributed by atoms with Gasteiger partial charge in [-0.05, 0) is 42.1 Å². The van der Waals surface area contributed by atoms with Crippen LogP contribution in [0.25, 0.3) is 6.08 Å². The fraction of sp³-hybridized carbons (Fsp3) is 0.125. The molecule has 0 aliphatic rings. The maximum atomic E-state index is 12.6. The lowest BCUT2D eigenvalue weighted by Gasteiger charge is -2.06. The molecule has 1 aromatic heterocycles. The highest BCUT2D eigenvalue weighted by molar-refractivity contribution is 7.12. The summed E-state index contributed by atoms with van der Waals surface area (Å²) in [5.74, 6) is -0.765. The second-order valence-corrected chi connectivity index (χ2v) is 5.47. The standard InChI is InChI=1S/C16H12F3NO2S/c1-11(14-6-3-9-23-14)20-22-15(21)8-7-12-4-2-5-13(10-12)16(17,18)19/h2-10H,1H3/b8-7+,20-11+. The van der Waals surface area contributed by atoms with E-state index in [1.165, 1.54) is 29.5 Å². The predicted octanol–water partition coefficient (Wildman–Crippen LogP) is 4.75. The van der Waals surface area contributed by atoms with Gasteiger partial charge in [0.2, 0.25) is 0 Å². The lowest BCUT2D eigenvalue weighted by molar-refractivity contribution is -0.138. The van der Waals surface area contributed by atoms with Gasteiger partial charge in [0.25, 0.3) is 0 Å². The number of alkyl halides is 3. The van der Waals surface area contributed by atoms with E-state index in [1.54, 1.807) is 6.92 Å². The molecular weight excluding hydrogens is 327 g/mol. The Hall–Kier alpha value is -2.41. The normalized spacial score (nSPS) is 12.6. The molecule has 1 heterocycles. The zero-order valence-electron chi connectivity index (χ0n) is 12.0. The summed E-state index contributed by atoms with van der Waals surface area (Å²) in [5.41, 5.74) is 0.0103. The summed E-state index contributed by atoms with van der Waals surface area (Å²) in [5, 5.41) is 5.55. The van der Waals surface area contributed by atoms with Gasteiger partial charge in [0, 0.05) is 6.08 Å². The van der Waals surface area contributed by atoms with Gasteiger partial charge in [0.1, 0.15) is 0 Å². The molecule has 7 heteroatoms. The van der Waals surface area contributed by atoms with Crippen molar-refractivity contribution in [2.75, 3.05) is 0 Å². The zero-order valence-corrected chi connectivity index (χ0v) is 12.8.